The lowest BCUT2D eigenvalue weighted by Crippen LogP contribution is -2.38. The average Bonchev–Trinajstić information content (AvgIpc) is 2.69. The maximum atomic E-state index is 12.0. The third-order valence-corrected chi connectivity index (χ3v) is 4.25. The van der Waals surface area contributed by atoms with Gasteiger partial charge in [-0.3, -0.25) is 14.3 Å². The SMILES string of the molecule is CS(=O)(=O)NC(=O)CC1CCC(=O)N1Cc1cccc(Cl)c1. The summed E-state index contributed by atoms with van der Waals surface area (Å²) in [5.41, 5.74) is 0.872. The molecule has 8 heteroatoms. The van der Waals surface area contributed by atoms with Crippen molar-refractivity contribution in [2.75, 3.05) is 6.26 Å². The van der Waals surface area contributed by atoms with E-state index in [1.807, 2.05) is 10.8 Å². The number of amides is 2. The van der Waals surface area contributed by atoms with Gasteiger partial charge < -0.3 is 4.90 Å². The molecule has 6 nitrogen and oxygen atoms in total. The third-order valence-electron chi connectivity index (χ3n) is 3.41. The molecule has 1 heterocycles. The predicted molar refractivity (Wildman–Crippen MR) is 82.6 cm³/mol. The maximum Gasteiger partial charge on any atom is 0.235 e. The van der Waals surface area contributed by atoms with Gasteiger partial charge >= 0.3 is 0 Å². The largest absolute Gasteiger partial charge is 0.335 e. The Bertz CT molecular complexity index is 690. The normalized spacial score (nSPS) is 18.5. The number of halogens is 1. The van der Waals surface area contributed by atoms with E-state index < -0.39 is 15.9 Å². The molecule has 1 N–H and O–H groups in total. The Morgan fingerprint density at radius 1 is 1.45 bits per heavy atom. The fourth-order valence-electron chi connectivity index (χ4n) is 2.52. The standard InChI is InChI=1S/C14H17ClN2O4S/c1-22(20,21)16-13(18)8-12-5-6-14(19)17(12)9-10-3-2-4-11(15)7-10/h2-4,7,12H,5-6,8-9H2,1H3,(H,16,18). The molecule has 22 heavy (non-hydrogen) atoms. The van der Waals surface area contributed by atoms with Crippen LogP contribution in [0.4, 0.5) is 0 Å². The van der Waals surface area contributed by atoms with E-state index >= 15 is 0 Å². The number of nitrogens with zero attached hydrogens (tertiary/aromatic N) is 1. The Hall–Kier alpha value is -1.60. The molecule has 0 spiro atoms. The molecule has 0 aromatic heterocycles. The van der Waals surface area contributed by atoms with E-state index in [0.29, 0.717) is 24.4 Å². The van der Waals surface area contributed by atoms with E-state index in [1.54, 1.807) is 23.1 Å². The van der Waals surface area contributed by atoms with Gasteiger partial charge in [0.1, 0.15) is 0 Å². The van der Waals surface area contributed by atoms with Gasteiger partial charge in [-0.25, -0.2) is 8.42 Å². The zero-order valence-corrected chi connectivity index (χ0v) is 13.7. The van der Waals surface area contributed by atoms with Gasteiger partial charge in [0.05, 0.1) is 6.26 Å². The molecule has 0 radical (unpaired) electrons. The van der Waals surface area contributed by atoms with Crippen LogP contribution in [0.5, 0.6) is 0 Å². The number of sulfonamides is 1. The number of nitrogens with one attached hydrogen (secondary N) is 1. The van der Waals surface area contributed by atoms with Crippen LogP contribution in [0.2, 0.25) is 5.02 Å². The molecule has 2 rings (SSSR count). The first-order valence-electron chi connectivity index (χ1n) is 6.79. The van der Waals surface area contributed by atoms with Gasteiger partial charge in [-0.05, 0) is 24.1 Å². The second-order valence-electron chi connectivity index (χ2n) is 5.35. The van der Waals surface area contributed by atoms with Crippen LogP contribution in [0.1, 0.15) is 24.8 Å². The van der Waals surface area contributed by atoms with Crippen LogP contribution in [-0.2, 0) is 26.2 Å². The molecule has 1 unspecified atom stereocenters. The Labute approximate surface area is 134 Å². The van der Waals surface area contributed by atoms with Crippen molar-refractivity contribution < 1.29 is 18.0 Å². The number of carbonyl (C=O) groups is 2. The number of rotatable bonds is 5. The third kappa shape index (κ3) is 4.71. The summed E-state index contributed by atoms with van der Waals surface area (Å²) < 4.78 is 24.1. The van der Waals surface area contributed by atoms with E-state index in [-0.39, 0.29) is 18.4 Å². The summed E-state index contributed by atoms with van der Waals surface area (Å²) in [5.74, 6) is -0.643. The van der Waals surface area contributed by atoms with Crippen molar-refractivity contribution in [1.29, 1.82) is 0 Å². The zero-order chi connectivity index (χ0) is 16.3. The van der Waals surface area contributed by atoms with Crippen LogP contribution >= 0.6 is 11.6 Å². The first kappa shape index (κ1) is 16.8. The smallest absolute Gasteiger partial charge is 0.235 e. The lowest BCUT2D eigenvalue weighted by Gasteiger charge is -2.24. The van der Waals surface area contributed by atoms with Crippen molar-refractivity contribution in [3.05, 3.63) is 34.9 Å². The Balaban J connectivity index is 2.05. The summed E-state index contributed by atoms with van der Waals surface area (Å²) >= 11 is 5.93. The summed E-state index contributed by atoms with van der Waals surface area (Å²) in [6.45, 7) is 0.357. The van der Waals surface area contributed by atoms with E-state index in [4.69, 9.17) is 11.6 Å². The maximum absolute atomic E-state index is 12.0. The lowest BCUT2D eigenvalue weighted by molar-refractivity contribution is -0.130. The van der Waals surface area contributed by atoms with E-state index in [1.165, 1.54) is 0 Å². The van der Waals surface area contributed by atoms with Crippen LogP contribution in [0.3, 0.4) is 0 Å². The van der Waals surface area contributed by atoms with Crippen molar-refractivity contribution in [3.63, 3.8) is 0 Å². The van der Waals surface area contributed by atoms with E-state index in [2.05, 4.69) is 0 Å². The Morgan fingerprint density at radius 3 is 2.82 bits per heavy atom. The van der Waals surface area contributed by atoms with Crippen LogP contribution in [0, 0.1) is 0 Å². The minimum Gasteiger partial charge on any atom is -0.335 e. The monoisotopic (exact) mass is 344 g/mol. The van der Waals surface area contributed by atoms with Crippen molar-refractivity contribution in [2.45, 2.75) is 31.8 Å². The first-order valence-corrected chi connectivity index (χ1v) is 9.06. The van der Waals surface area contributed by atoms with Crippen LogP contribution in [-0.4, -0.2) is 37.4 Å². The van der Waals surface area contributed by atoms with Gasteiger partial charge in [0.25, 0.3) is 0 Å². The van der Waals surface area contributed by atoms with Crippen molar-refractivity contribution >= 4 is 33.4 Å². The summed E-state index contributed by atoms with van der Waals surface area (Å²) in [7, 11) is -3.58. The zero-order valence-electron chi connectivity index (χ0n) is 12.1. The molecule has 0 saturated carbocycles. The van der Waals surface area contributed by atoms with Crippen LogP contribution in [0.15, 0.2) is 24.3 Å². The van der Waals surface area contributed by atoms with E-state index in [0.717, 1.165) is 11.8 Å². The molecular formula is C14H17ClN2O4S. The number of likely N-dealkylation sites (tertiary alicyclic amines) is 1. The molecule has 120 valence electrons. The molecule has 1 aliphatic rings. The van der Waals surface area contributed by atoms with Gasteiger partial charge in [-0.15, -0.1) is 0 Å². The Morgan fingerprint density at radius 2 is 2.18 bits per heavy atom. The average molecular weight is 345 g/mol. The fraction of sp³-hybridized carbons (Fsp3) is 0.429. The second-order valence-corrected chi connectivity index (χ2v) is 7.53. The number of benzene rings is 1. The highest BCUT2D eigenvalue weighted by atomic mass is 35.5. The van der Waals surface area contributed by atoms with Crippen molar-refractivity contribution in [1.82, 2.24) is 9.62 Å². The molecular weight excluding hydrogens is 328 g/mol. The summed E-state index contributed by atoms with van der Waals surface area (Å²) in [5, 5.41) is 0.579. The second kappa shape index (κ2) is 6.66. The molecule has 1 fully saturated rings. The Kier molecular flexibility index (Phi) is 5.08. The minimum atomic E-state index is -3.58. The predicted octanol–water partition coefficient (Wildman–Crippen LogP) is 1.30. The van der Waals surface area contributed by atoms with Gasteiger partial charge in [0, 0.05) is 30.5 Å². The van der Waals surface area contributed by atoms with Gasteiger partial charge in [-0.2, -0.15) is 0 Å². The highest BCUT2D eigenvalue weighted by Crippen LogP contribution is 2.24. The minimum absolute atomic E-state index is 0.0284. The summed E-state index contributed by atoms with van der Waals surface area (Å²) in [4.78, 5) is 25.3. The molecule has 1 aromatic carbocycles. The summed E-state index contributed by atoms with van der Waals surface area (Å²) in [6, 6.07) is 6.86. The van der Waals surface area contributed by atoms with Gasteiger partial charge in [-0.1, -0.05) is 23.7 Å². The van der Waals surface area contributed by atoms with Gasteiger partial charge in [0.2, 0.25) is 21.8 Å². The van der Waals surface area contributed by atoms with Crippen molar-refractivity contribution in [3.8, 4) is 0 Å². The molecule has 1 aromatic rings. The molecule has 1 aliphatic heterocycles. The van der Waals surface area contributed by atoms with Crippen molar-refractivity contribution in [2.24, 2.45) is 0 Å². The number of hydrogen-bond acceptors (Lipinski definition) is 4. The molecule has 0 aliphatic carbocycles. The van der Waals surface area contributed by atoms with Crippen LogP contribution < -0.4 is 4.72 Å². The number of hydrogen-bond donors (Lipinski definition) is 1. The quantitative estimate of drug-likeness (QED) is 0.872. The van der Waals surface area contributed by atoms with Gasteiger partial charge in [0.15, 0.2) is 0 Å². The molecule has 1 atom stereocenters. The number of carbonyl (C=O) groups excluding carboxylic acids is 2. The summed E-state index contributed by atoms with van der Waals surface area (Å²) in [6.07, 6.45) is 1.79. The molecule has 0 bridgehead atoms. The fourth-order valence-corrected chi connectivity index (χ4v) is 3.23. The topological polar surface area (TPSA) is 83.5 Å². The van der Waals surface area contributed by atoms with Crippen LogP contribution in [0.25, 0.3) is 0 Å². The molecule has 2 amide bonds. The highest BCUT2D eigenvalue weighted by molar-refractivity contribution is 7.89. The lowest BCUT2D eigenvalue weighted by atomic mass is 10.1. The molecule has 1 saturated heterocycles. The first-order chi connectivity index (χ1) is 10.2. The highest BCUT2D eigenvalue weighted by Gasteiger charge is 2.32. The van der Waals surface area contributed by atoms with E-state index in [9.17, 15) is 18.0 Å².